The molecule has 1 saturated heterocycles. The lowest BCUT2D eigenvalue weighted by atomic mass is 9.90. The number of likely N-dealkylation sites (tertiary alicyclic amines) is 1. The molecular formula is C18H16ClFN2O2. The SMILES string of the molecule is O=C(c1ccc(F)cc1)[C@@H]1CCCN(C(=O)c2cc(Cl)ccn2)C1. The van der Waals surface area contributed by atoms with Gasteiger partial charge in [0, 0.05) is 35.8 Å². The molecule has 1 aromatic carbocycles. The number of ketones is 1. The number of carbonyl (C=O) groups excluding carboxylic acids is 2. The van der Waals surface area contributed by atoms with Crippen LogP contribution in [0.15, 0.2) is 42.6 Å². The van der Waals surface area contributed by atoms with Crippen molar-refractivity contribution in [2.75, 3.05) is 13.1 Å². The molecule has 124 valence electrons. The molecule has 1 amide bonds. The molecule has 2 heterocycles. The molecule has 1 aliphatic heterocycles. The van der Waals surface area contributed by atoms with Gasteiger partial charge < -0.3 is 4.90 Å². The van der Waals surface area contributed by atoms with Gasteiger partial charge in [0.15, 0.2) is 5.78 Å². The van der Waals surface area contributed by atoms with Gasteiger partial charge in [-0.05, 0) is 49.2 Å². The Morgan fingerprint density at radius 1 is 1.21 bits per heavy atom. The fourth-order valence-corrected chi connectivity index (χ4v) is 3.07. The first-order valence-electron chi connectivity index (χ1n) is 7.75. The summed E-state index contributed by atoms with van der Waals surface area (Å²) in [5.41, 5.74) is 0.744. The lowest BCUT2D eigenvalue weighted by Crippen LogP contribution is -2.42. The summed E-state index contributed by atoms with van der Waals surface area (Å²) in [6.07, 6.45) is 2.94. The summed E-state index contributed by atoms with van der Waals surface area (Å²) in [4.78, 5) is 30.8. The number of rotatable bonds is 3. The number of piperidine rings is 1. The Kier molecular flexibility index (Phi) is 4.90. The third-order valence-corrected chi connectivity index (χ3v) is 4.38. The van der Waals surface area contributed by atoms with E-state index >= 15 is 0 Å². The van der Waals surface area contributed by atoms with E-state index in [-0.39, 0.29) is 29.1 Å². The molecule has 3 rings (SSSR count). The molecule has 0 radical (unpaired) electrons. The summed E-state index contributed by atoms with van der Waals surface area (Å²) in [7, 11) is 0. The third-order valence-electron chi connectivity index (χ3n) is 4.15. The van der Waals surface area contributed by atoms with E-state index in [1.165, 1.54) is 36.5 Å². The molecule has 1 aromatic heterocycles. The Bertz CT molecular complexity index is 764. The van der Waals surface area contributed by atoms with Gasteiger partial charge in [0.05, 0.1) is 0 Å². The van der Waals surface area contributed by atoms with Crippen molar-refractivity contribution in [3.8, 4) is 0 Å². The van der Waals surface area contributed by atoms with E-state index in [0.29, 0.717) is 30.1 Å². The van der Waals surface area contributed by atoms with E-state index < -0.39 is 0 Å². The number of amides is 1. The number of halogens is 2. The van der Waals surface area contributed by atoms with E-state index in [1.54, 1.807) is 11.0 Å². The van der Waals surface area contributed by atoms with Crippen LogP contribution in [0.25, 0.3) is 0 Å². The highest BCUT2D eigenvalue weighted by Crippen LogP contribution is 2.23. The maximum absolute atomic E-state index is 13.0. The molecule has 0 spiro atoms. The van der Waals surface area contributed by atoms with E-state index in [0.717, 1.165) is 6.42 Å². The van der Waals surface area contributed by atoms with Gasteiger partial charge in [-0.15, -0.1) is 0 Å². The van der Waals surface area contributed by atoms with Crippen molar-refractivity contribution >= 4 is 23.3 Å². The summed E-state index contributed by atoms with van der Waals surface area (Å²) in [5, 5.41) is 0.448. The average molecular weight is 347 g/mol. The third kappa shape index (κ3) is 3.62. The Morgan fingerprint density at radius 3 is 2.67 bits per heavy atom. The van der Waals surface area contributed by atoms with Crippen LogP contribution in [0.1, 0.15) is 33.7 Å². The number of Topliss-reactive ketones (excluding diaryl/α,β-unsaturated/α-hetero) is 1. The summed E-state index contributed by atoms with van der Waals surface area (Å²) < 4.78 is 13.0. The van der Waals surface area contributed by atoms with Crippen molar-refractivity contribution in [2.24, 2.45) is 5.92 Å². The van der Waals surface area contributed by atoms with Gasteiger partial charge in [0.1, 0.15) is 11.5 Å². The number of nitrogens with zero attached hydrogens (tertiary/aromatic N) is 2. The first kappa shape index (κ1) is 16.6. The number of carbonyl (C=O) groups is 2. The Balaban J connectivity index is 1.73. The summed E-state index contributed by atoms with van der Waals surface area (Å²) in [5.74, 6) is -0.952. The smallest absolute Gasteiger partial charge is 0.272 e. The maximum atomic E-state index is 13.0. The van der Waals surface area contributed by atoms with E-state index in [1.807, 2.05) is 0 Å². The molecule has 1 atom stereocenters. The van der Waals surface area contributed by atoms with Crippen molar-refractivity contribution in [1.29, 1.82) is 0 Å². The molecular weight excluding hydrogens is 331 g/mol. The van der Waals surface area contributed by atoms with Crippen LogP contribution in [0.3, 0.4) is 0 Å². The van der Waals surface area contributed by atoms with Crippen LogP contribution in [0.4, 0.5) is 4.39 Å². The highest BCUT2D eigenvalue weighted by atomic mass is 35.5. The molecule has 0 bridgehead atoms. The fourth-order valence-electron chi connectivity index (χ4n) is 2.91. The number of hydrogen-bond donors (Lipinski definition) is 0. The second-order valence-electron chi connectivity index (χ2n) is 5.82. The van der Waals surface area contributed by atoms with E-state index in [9.17, 15) is 14.0 Å². The van der Waals surface area contributed by atoms with Crippen LogP contribution in [0.2, 0.25) is 5.02 Å². The van der Waals surface area contributed by atoms with E-state index in [2.05, 4.69) is 4.98 Å². The lowest BCUT2D eigenvalue weighted by molar-refractivity contribution is 0.0632. The molecule has 1 aliphatic rings. The van der Waals surface area contributed by atoms with Crippen LogP contribution in [0.5, 0.6) is 0 Å². The molecule has 2 aromatic rings. The van der Waals surface area contributed by atoms with Crippen LogP contribution in [0, 0.1) is 11.7 Å². The maximum Gasteiger partial charge on any atom is 0.272 e. The van der Waals surface area contributed by atoms with Gasteiger partial charge in [-0.25, -0.2) is 4.39 Å². The molecule has 0 N–H and O–H groups in total. The molecule has 0 saturated carbocycles. The summed E-state index contributed by atoms with van der Waals surface area (Å²) in [6, 6.07) is 8.64. The second kappa shape index (κ2) is 7.09. The van der Waals surface area contributed by atoms with Gasteiger partial charge in [-0.1, -0.05) is 11.6 Å². The Morgan fingerprint density at radius 2 is 1.96 bits per heavy atom. The van der Waals surface area contributed by atoms with Gasteiger partial charge >= 0.3 is 0 Å². The first-order valence-corrected chi connectivity index (χ1v) is 8.13. The van der Waals surface area contributed by atoms with Gasteiger partial charge in [0.2, 0.25) is 0 Å². The van der Waals surface area contributed by atoms with Gasteiger partial charge in [-0.2, -0.15) is 0 Å². The van der Waals surface area contributed by atoms with Crippen molar-refractivity contribution in [1.82, 2.24) is 9.88 Å². The topological polar surface area (TPSA) is 50.3 Å². The van der Waals surface area contributed by atoms with Crippen LogP contribution >= 0.6 is 11.6 Å². The fraction of sp³-hybridized carbons (Fsp3) is 0.278. The average Bonchev–Trinajstić information content (AvgIpc) is 2.61. The zero-order valence-corrected chi connectivity index (χ0v) is 13.7. The van der Waals surface area contributed by atoms with Crippen LogP contribution in [-0.2, 0) is 0 Å². The molecule has 4 nitrogen and oxygen atoms in total. The predicted molar refractivity (Wildman–Crippen MR) is 88.6 cm³/mol. The predicted octanol–water partition coefficient (Wildman–Crippen LogP) is 3.61. The summed E-state index contributed by atoms with van der Waals surface area (Å²) >= 11 is 5.90. The van der Waals surface area contributed by atoms with Crippen LogP contribution < -0.4 is 0 Å². The zero-order chi connectivity index (χ0) is 17.1. The molecule has 0 unspecified atom stereocenters. The second-order valence-corrected chi connectivity index (χ2v) is 6.26. The Labute approximate surface area is 144 Å². The molecule has 6 heteroatoms. The normalized spacial score (nSPS) is 17.6. The number of benzene rings is 1. The quantitative estimate of drug-likeness (QED) is 0.798. The largest absolute Gasteiger partial charge is 0.337 e. The first-order chi connectivity index (χ1) is 11.5. The number of aromatic nitrogens is 1. The molecule has 0 aliphatic carbocycles. The monoisotopic (exact) mass is 346 g/mol. The minimum Gasteiger partial charge on any atom is -0.337 e. The number of hydrogen-bond acceptors (Lipinski definition) is 3. The highest BCUT2D eigenvalue weighted by molar-refractivity contribution is 6.30. The highest BCUT2D eigenvalue weighted by Gasteiger charge is 2.30. The van der Waals surface area contributed by atoms with Crippen molar-refractivity contribution in [3.63, 3.8) is 0 Å². The van der Waals surface area contributed by atoms with Gasteiger partial charge in [0.25, 0.3) is 5.91 Å². The zero-order valence-electron chi connectivity index (χ0n) is 12.9. The minimum absolute atomic E-state index is 0.0634. The molecule has 1 fully saturated rings. The van der Waals surface area contributed by atoms with E-state index in [4.69, 9.17) is 11.6 Å². The minimum atomic E-state index is -0.376. The summed E-state index contributed by atoms with van der Waals surface area (Å²) in [6.45, 7) is 0.920. The Hall–Kier alpha value is -2.27. The molecule has 24 heavy (non-hydrogen) atoms. The number of pyridine rings is 1. The van der Waals surface area contributed by atoms with Gasteiger partial charge in [-0.3, -0.25) is 14.6 Å². The van der Waals surface area contributed by atoms with Crippen molar-refractivity contribution in [3.05, 3.63) is 64.7 Å². The van der Waals surface area contributed by atoms with Crippen molar-refractivity contribution in [2.45, 2.75) is 12.8 Å². The standard InChI is InChI=1S/C18H16ClFN2O2/c19-14-7-8-21-16(10-14)18(24)22-9-1-2-13(11-22)17(23)12-3-5-15(20)6-4-12/h3-8,10,13H,1-2,9,11H2/t13-/m1/s1. The lowest BCUT2D eigenvalue weighted by Gasteiger charge is -2.31. The van der Waals surface area contributed by atoms with Crippen LogP contribution in [-0.4, -0.2) is 34.7 Å². The van der Waals surface area contributed by atoms with Crippen molar-refractivity contribution < 1.29 is 14.0 Å².